The second-order valence-corrected chi connectivity index (χ2v) is 7.65. The van der Waals surface area contributed by atoms with E-state index in [9.17, 15) is 9.18 Å². The zero-order valence-electron chi connectivity index (χ0n) is 14.0. The average molecular weight is 320 g/mol. The SMILES string of the molecule is CC(C)(C)OC(=O)N1CC[C@@H]2[C@H](C1)[C@@]2(CN)c1ccccc1F. The van der Waals surface area contributed by atoms with Gasteiger partial charge in [0.1, 0.15) is 11.4 Å². The van der Waals surface area contributed by atoms with Crippen molar-refractivity contribution in [1.29, 1.82) is 0 Å². The molecule has 1 aliphatic carbocycles. The molecule has 0 unspecified atom stereocenters. The first-order valence-electron chi connectivity index (χ1n) is 8.22. The lowest BCUT2D eigenvalue weighted by atomic mass is 9.91. The number of hydrogen-bond acceptors (Lipinski definition) is 3. The lowest BCUT2D eigenvalue weighted by Gasteiger charge is -2.29. The summed E-state index contributed by atoms with van der Waals surface area (Å²) in [5, 5.41) is 0. The van der Waals surface area contributed by atoms with Gasteiger partial charge in [-0.2, -0.15) is 0 Å². The molecule has 0 spiro atoms. The fourth-order valence-corrected chi connectivity index (χ4v) is 4.12. The van der Waals surface area contributed by atoms with Gasteiger partial charge in [-0.3, -0.25) is 0 Å². The smallest absolute Gasteiger partial charge is 0.410 e. The number of nitrogens with zero attached hydrogens (tertiary/aromatic N) is 1. The Morgan fingerprint density at radius 1 is 1.39 bits per heavy atom. The first kappa shape index (κ1) is 16.2. The number of halogens is 1. The summed E-state index contributed by atoms with van der Waals surface area (Å²) >= 11 is 0. The number of piperidine rings is 1. The van der Waals surface area contributed by atoms with Crippen molar-refractivity contribution in [3.05, 3.63) is 35.6 Å². The molecule has 1 amide bonds. The van der Waals surface area contributed by atoms with Crippen LogP contribution < -0.4 is 5.73 Å². The van der Waals surface area contributed by atoms with Crippen LogP contribution >= 0.6 is 0 Å². The van der Waals surface area contributed by atoms with E-state index in [0.29, 0.717) is 31.1 Å². The van der Waals surface area contributed by atoms with E-state index in [4.69, 9.17) is 10.5 Å². The highest BCUT2D eigenvalue weighted by Crippen LogP contribution is 2.63. The van der Waals surface area contributed by atoms with Crippen LogP contribution in [0, 0.1) is 17.7 Å². The first-order valence-corrected chi connectivity index (χ1v) is 8.22. The lowest BCUT2D eigenvalue weighted by Crippen LogP contribution is -2.41. The molecule has 3 atom stereocenters. The highest BCUT2D eigenvalue weighted by Gasteiger charge is 2.66. The van der Waals surface area contributed by atoms with Crippen molar-refractivity contribution < 1.29 is 13.9 Å². The summed E-state index contributed by atoms with van der Waals surface area (Å²) in [5.41, 5.74) is 5.91. The number of hydrogen-bond donors (Lipinski definition) is 1. The molecule has 1 aromatic carbocycles. The molecule has 2 aliphatic rings. The van der Waals surface area contributed by atoms with Crippen molar-refractivity contribution in [3.8, 4) is 0 Å². The van der Waals surface area contributed by atoms with Crippen LogP contribution in [-0.4, -0.2) is 36.2 Å². The summed E-state index contributed by atoms with van der Waals surface area (Å²) in [6.45, 7) is 7.22. The van der Waals surface area contributed by atoms with Crippen molar-refractivity contribution in [3.63, 3.8) is 0 Å². The van der Waals surface area contributed by atoms with Gasteiger partial charge in [-0.05, 0) is 50.7 Å². The number of likely N-dealkylation sites (tertiary alicyclic amines) is 1. The van der Waals surface area contributed by atoms with E-state index in [1.165, 1.54) is 6.07 Å². The Morgan fingerprint density at radius 2 is 2.09 bits per heavy atom. The largest absolute Gasteiger partial charge is 0.444 e. The summed E-state index contributed by atoms with van der Waals surface area (Å²) in [6, 6.07) is 6.87. The standard InChI is InChI=1S/C18H25FN2O2/c1-17(2,3)23-16(22)21-9-8-12-14(10-21)18(12,11-20)13-6-4-5-7-15(13)19/h4-7,12,14H,8-11,20H2,1-3H3/t12-,14+,18-/m1/s1. The molecule has 0 bridgehead atoms. The molecule has 2 N–H and O–H groups in total. The van der Waals surface area contributed by atoms with Crippen molar-refractivity contribution in [2.45, 2.75) is 38.2 Å². The van der Waals surface area contributed by atoms with Crippen LogP contribution in [0.2, 0.25) is 0 Å². The fourth-order valence-electron chi connectivity index (χ4n) is 4.12. The second kappa shape index (κ2) is 5.48. The normalized spacial score (nSPS) is 29.9. The van der Waals surface area contributed by atoms with Crippen molar-refractivity contribution >= 4 is 6.09 Å². The van der Waals surface area contributed by atoms with Crippen molar-refractivity contribution in [1.82, 2.24) is 4.90 Å². The predicted molar refractivity (Wildman–Crippen MR) is 86.5 cm³/mol. The number of fused-ring (bicyclic) bond motifs is 1. The average Bonchev–Trinajstić information content (AvgIpc) is 3.14. The van der Waals surface area contributed by atoms with Gasteiger partial charge in [0.25, 0.3) is 0 Å². The molecule has 5 heteroatoms. The molecule has 1 saturated carbocycles. The van der Waals surface area contributed by atoms with E-state index in [-0.39, 0.29) is 23.2 Å². The molecule has 1 saturated heterocycles. The molecule has 3 rings (SSSR count). The number of amides is 1. The Labute approximate surface area is 136 Å². The van der Waals surface area contributed by atoms with Gasteiger partial charge in [-0.1, -0.05) is 18.2 Å². The zero-order chi connectivity index (χ0) is 16.8. The van der Waals surface area contributed by atoms with E-state index >= 15 is 0 Å². The van der Waals surface area contributed by atoms with Crippen LogP contribution in [0.25, 0.3) is 0 Å². The maximum Gasteiger partial charge on any atom is 0.410 e. The summed E-state index contributed by atoms with van der Waals surface area (Å²) in [6.07, 6.45) is 0.553. The van der Waals surface area contributed by atoms with E-state index < -0.39 is 5.60 Å². The molecule has 4 nitrogen and oxygen atoms in total. The van der Waals surface area contributed by atoms with Crippen LogP contribution in [0.3, 0.4) is 0 Å². The molecule has 126 valence electrons. The third-order valence-corrected chi connectivity index (χ3v) is 5.19. The zero-order valence-corrected chi connectivity index (χ0v) is 14.0. The molecular formula is C18H25FN2O2. The van der Waals surface area contributed by atoms with Gasteiger partial charge < -0.3 is 15.4 Å². The van der Waals surface area contributed by atoms with E-state index in [2.05, 4.69) is 0 Å². The predicted octanol–water partition coefficient (Wildman–Crippen LogP) is 2.91. The quantitative estimate of drug-likeness (QED) is 0.911. The Morgan fingerprint density at radius 3 is 2.70 bits per heavy atom. The number of nitrogens with two attached hydrogens (primary N) is 1. The van der Waals surface area contributed by atoms with Gasteiger partial charge in [-0.15, -0.1) is 0 Å². The van der Waals surface area contributed by atoms with Crippen LogP contribution in [0.5, 0.6) is 0 Å². The Hall–Kier alpha value is -1.62. The maximum absolute atomic E-state index is 14.3. The molecule has 23 heavy (non-hydrogen) atoms. The number of carbonyl (C=O) groups excluding carboxylic acids is 1. The number of benzene rings is 1. The summed E-state index contributed by atoms with van der Waals surface area (Å²) in [4.78, 5) is 14.0. The maximum atomic E-state index is 14.3. The van der Waals surface area contributed by atoms with Crippen molar-refractivity contribution in [2.75, 3.05) is 19.6 Å². The van der Waals surface area contributed by atoms with Gasteiger partial charge in [0.05, 0.1) is 0 Å². The molecule has 1 aliphatic heterocycles. The van der Waals surface area contributed by atoms with Gasteiger partial charge in [0, 0.05) is 25.0 Å². The topological polar surface area (TPSA) is 55.6 Å². The summed E-state index contributed by atoms with van der Waals surface area (Å²) in [5.74, 6) is 0.366. The minimum Gasteiger partial charge on any atom is -0.444 e. The summed E-state index contributed by atoms with van der Waals surface area (Å²) in [7, 11) is 0. The molecule has 0 radical (unpaired) electrons. The first-order chi connectivity index (χ1) is 10.8. The highest BCUT2D eigenvalue weighted by molar-refractivity contribution is 5.68. The third-order valence-electron chi connectivity index (χ3n) is 5.19. The van der Waals surface area contributed by atoms with Crippen LogP contribution in [-0.2, 0) is 10.2 Å². The van der Waals surface area contributed by atoms with Gasteiger partial charge >= 0.3 is 6.09 Å². The Bertz CT molecular complexity index is 613. The third kappa shape index (κ3) is 2.71. The molecule has 1 heterocycles. The van der Waals surface area contributed by atoms with Gasteiger partial charge in [0.2, 0.25) is 0 Å². The minimum atomic E-state index is -0.506. The van der Waals surface area contributed by atoms with Crippen molar-refractivity contribution in [2.24, 2.45) is 17.6 Å². The molecule has 1 aromatic rings. The lowest BCUT2D eigenvalue weighted by molar-refractivity contribution is 0.0206. The molecule has 2 fully saturated rings. The van der Waals surface area contributed by atoms with Gasteiger partial charge in [0.15, 0.2) is 0 Å². The van der Waals surface area contributed by atoms with E-state index in [0.717, 1.165) is 6.42 Å². The van der Waals surface area contributed by atoms with E-state index in [1.807, 2.05) is 32.9 Å². The van der Waals surface area contributed by atoms with Crippen LogP contribution in [0.1, 0.15) is 32.8 Å². The molecule has 0 aromatic heterocycles. The molecular weight excluding hydrogens is 295 g/mol. The number of ether oxygens (including phenoxy) is 1. The highest BCUT2D eigenvalue weighted by atomic mass is 19.1. The summed E-state index contributed by atoms with van der Waals surface area (Å²) < 4.78 is 19.7. The number of rotatable bonds is 2. The second-order valence-electron chi connectivity index (χ2n) is 7.65. The van der Waals surface area contributed by atoms with Gasteiger partial charge in [-0.25, -0.2) is 9.18 Å². The fraction of sp³-hybridized carbons (Fsp3) is 0.611. The van der Waals surface area contributed by atoms with Crippen LogP contribution in [0.4, 0.5) is 9.18 Å². The monoisotopic (exact) mass is 320 g/mol. The Balaban J connectivity index is 1.78. The van der Waals surface area contributed by atoms with Crippen LogP contribution in [0.15, 0.2) is 24.3 Å². The van der Waals surface area contributed by atoms with E-state index in [1.54, 1.807) is 11.0 Å². The minimum absolute atomic E-state index is 0.198. The number of carbonyl (C=O) groups is 1. The Kier molecular flexibility index (Phi) is 3.87.